The molecule has 0 aliphatic rings. The molecule has 0 saturated heterocycles. The summed E-state index contributed by atoms with van der Waals surface area (Å²) in [6.07, 6.45) is 1.80. The van der Waals surface area contributed by atoms with Gasteiger partial charge in [-0.25, -0.2) is 4.39 Å². The molecule has 0 bridgehead atoms. The van der Waals surface area contributed by atoms with Gasteiger partial charge >= 0.3 is 0 Å². The standard InChI is InChI=1S/C16H22FN3/c1-11(2)16(13-5-7-14(17)8-6-13)19-12(3)15-9-10-18-20(15)4/h5-12,16,19H,1-4H3. The van der Waals surface area contributed by atoms with Crippen LogP contribution in [0.3, 0.4) is 0 Å². The first-order chi connectivity index (χ1) is 9.49. The summed E-state index contributed by atoms with van der Waals surface area (Å²) in [5, 5.41) is 7.81. The third-order valence-electron chi connectivity index (χ3n) is 3.63. The maximum Gasteiger partial charge on any atom is 0.123 e. The second-order valence-electron chi connectivity index (χ2n) is 5.54. The minimum Gasteiger partial charge on any atom is -0.302 e. The van der Waals surface area contributed by atoms with Gasteiger partial charge in [-0.15, -0.1) is 0 Å². The van der Waals surface area contributed by atoms with Crippen molar-refractivity contribution in [3.8, 4) is 0 Å². The molecule has 108 valence electrons. The number of hydrogen-bond donors (Lipinski definition) is 1. The second-order valence-corrected chi connectivity index (χ2v) is 5.54. The van der Waals surface area contributed by atoms with Crippen LogP contribution in [0, 0.1) is 11.7 Å². The second kappa shape index (κ2) is 6.18. The molecular weight excluding hydrogens is 253 g/mol. The Bertz CT molecular complexity index is 545. The third-order valence-corrected chi connectivity index (χ3v) is 3.63. The van der Waals surface area contributed by atoms with E-state index in [1.165, 1.54) is 12.1 Å². The number of halogens is 1. The van der Waals surface area contributed by atoms with E-state index in [9.17, 15) is 4.39 Å². The summed E-state index contributed by atoms with van der Waals surface area (Å²) < 4.78 is 14.9. The predicted octanol–water partition coefficient (Wildman–Crippen LogP) is 3.61. The van der Waals surface area contributed by atoms with E-state index >= 15 is 0 Å². The van der Waals surface area contributed by atoms with Gasteiger partial charge in [-0.05, 0) is 36.6 Å². The van der Waals surface area contributed by atoms with Gasteiger partial charge in [0.2, 0.25) is 0 Å². The SMILES string of the molecule is CC(NC(c1ccc(F)cc1)C(C)C)c1ccnn1C. The number of aryl methyl sites for hydroxylation is 1. The van der Waals surface area contributed by atoms with Crippen molar-refractivity contribution >= 4 is 0 Å². The molecule has 0 aliphatic heterocycles. The Morgan fingerprint density at radius 2 is 1.75 bits per heavy atom. The number of nitrogens with zero attached hydrogens (tertiary/aromatic N) is 2. The largest absolute Gasteiger partial charge is 0.302 e. The first-order valence-electron chi connectivity index (χ1n) is 6.98. The minimum atomic E-state index is -0.198. The molecule has 0 fully saturated rings. The maximum atomic E-state index is 13.1. The first-order valence-corrected chi connectivity index (χ1v) is 6.98. The van der Waals surface area contributed by atoms with Crippen molar-refractivity contribution in [2.24, 2.45) is 13.0 Å². The van der Waals surface area contributed by atoms with Gasteiger partial charge in [0.1, 0.15) is 5.82 Å². The normalized spacial score (nSPS) is 14.5. The smallest absolute Gasteiger partial charge is 0.123 e. The molecule has 2 aromatic rings. The van der Waals surface area contributed by atoms with Crippen molar-refractivity contribution in [3.05, 3.63) is 53.6 Å². The number of nitrogens with one attached hydrogen (secondary N) is 1. The van der Waals surface area contributed by atoms with Gasteiger partial charge in [-0.1, -0.05) is 26.0 Å². The van der Waals surface area contributed by atoms with E-state index < -0.39 is 0 Å². The summed E-state index contributed by atoms with van der Waals surface area (Å²) in [7, 11) is 1.94. The van der Waals surface area contributed by atoms with E-state index in [-0.39, 0.29) is 17.9 Å². The molecule has 1 heterocycles. The quantitative estimate of drug-likeness (QED) is 0.903. The van der Waals surface area contributed by atoms with Gasteiger partial charge in [0, 0.05) is 25.3 Å². The molecular formula is C16H22FN3. The molecule has 0 spiro atoms. The summed E-state index contributed by atoms with van der Waals surface area (Å²) in [5.41, 5.74) is 2.24. The Labute approximate surface area is 119 Å². The molecule has 20 heavy (non-hydrogen) atoms. The molecule has 0 amide bonds. The molecule has 2 rings (SSSR count). The average molecular weight is 275 g/mol. The van der Waals surface area contributed by atoms with Crippen molar-refractivity contribution < 1.29 is 4.39 Å². The van der Waals surface area contributed by atoms with Crippen molar-refractivity contribution in [2.75, 3.05) is 0 Å². The van der Waals surface area contributed by atoms with Gasteiger partial charge < -0.3 is 5.32 Å². The zero-order valence-corrected chi connectivity index (χ0v) is 12.5. The maximum absolute atomic E-state index is 13.1. The molecule has 0 saturated carbocycles. The molecule has 2 unspecified atom stereocenters. The van der Waals surface area contributed by atoms with Crippen molar-refractivity contribution in [2.45, 2.75) is 32.9 Å². The summed E-state index contributed by atoms with van der Waals surface area (Å²) >= 11 is 0. The lowest BCUT2D eigenvalue weighted by Crippen LogP contribution is -2.29. The van der Waals surface area contributed by atoms with E-state index in [0.717, 1.165) is 11.3 Å². The van der Waals surface area contributed by atoms with Gasteiger partial charge in [-0.2, -0.15) is 5.10 Å². The summed E-state index contributed by atoms with van der Waals surface area (Å²) in [5.74, 6) is 0.215. The highest BCUT2D eigenvalue weighted by atomic mass is 19.1. The predicted molar refractivity (Wildman–Crippen MR) is 78.7 cm³/mol. The van der Waals surface area contributed by atoms with Crippen LogP contribution >= 0.6 is 0 Å². The Morgan fingerprint density at radius 3 is 2.25 bits per heavy atom. The third kappa shape index (κ3) is 3.25. The van der Waals surface area contributed by atoms with Crippen molar-refractivity contribution in [1.29, 1.82) is 0 Å². The van der Waals surface area contributed by atoms with Gasteiger partial charge in [0.25, 0.3) is 0 Å². The Hall–Kier alpha value is -1.68. The highest BCUT2D eigenvalue weighted by Gasteiger charge is 2.20. The first kappa shape index (κ1) is 14.7. The van der Waals surface area contributed by atoms with Crippen molar-refractivity contribution in [3.63, 3.8) is 0 Å². The Balaban J connectivity index is 2.18. The summed E-state index contributed by atoms with van der Waals surface area (Å²) in [6, 6.07) is 9.11. The van der Waals surface area contributed by atoms with Crippen LogP contribution in [0.15, 0.2) is 36.5 Å². The van der Waals surface area contributed by atoms with Crippen LogP contribution in [0.5, 0.6) is 0 Å². The lowest BCUT2D eigenvalue weighted by Gasteiger charge is -2.27. The van der Waals surface area contributed by atoms with Crippen LogP contribution in [0.1, 0.15) is 44.1 Å². The molecule has 4 heteroatoms. The molecule has 1 N–H and O–H groups in total. The highest BCUT2D eigenvalue weighted by Crippen LogP contribution is 2.25. The molecule has 0 aliphatic carbocycles. The number of benzene rings is 1. The van der Waals surface area contributed by atoms with E-state index in [1.807, 2.05) is 29.9 Å². The number of rotatable bonds is 5. The van der Waals surface area contributed by atoms with Crippen LogP contribution in [-0.2, 0) is 7.05 Å². The number of hydrogen-bond acceptors (Lipinski definition) is 2. The fraction of sp³-hybridized carbons (Fsp3) is 0.438. The van der Waals surface area contributed by atoms with Gasteiger partial charge in [0.15, 0.2) is 0 Å². The van der Waals surface area contributed by atoms with Gasteiger partial charge in [-0.3, -0.25) is 4.68 Å². The highest BCUT2D eigenvalue weighted by molar-refractivity contribution is 5.21. The fourth-order valence-corrected chi connectivity index (χ4v) is 2.51. The topological polar surface area (TPSA) is 29.9 Å². The zero-order valence-electron chi connectivity index (χ0n) is 12.5. The van der Waals surface area contributed by atoms with E-state index in [0.29, 0.717) is 5.92 Å². The molecule has 1 aromatic carbocycles. The van der Waals surface area contributed by atoms with Crippen LogP contribution in [0.25, 0.3) is 0 Å². The van der Waals surface area contributed by atoms with E-state index in [2.05, 4.69) is 31.2 Å². The Morgan fingerprint density at radius 1 is 1.10 bits per heavy atom. The van der Waals surface area contributed by atoms with Gasteiger partial charge in [0.05, 0.1) is 5.69 Å². The monoisotopic (exact) mass is 275 g/mol. The summed E-state index contributed by atoms with van der Waals surface area (Å²) in [6.45, 7) is 6.45. The molecule has 1 aromatic heterocycles. The lowest BCUT2D eigenvalue weighted by atomic mass is 9.95. The van der Waals surface area contributed by atoms with Crippen LogP contribution in [0.2, 0.25) is 0 Å². The van der Waals surface area contributed by atoms with Crippen molar-refractivity contribution in [1.82, 2.24) is 15.1 Å². The molecule has 0 radical (unpaired) electrons. The number of aromatic nitrogens is 2. The van der Waals surface area contributed by atoms with E-state index in [1.54, 1.807) is 6.20 Å². The van der Waals surface area contributed by atoms with Crippen LogP contribution < -0.4 is 5.32 Å². The van der Waals surface area contributed by atoms with Crippen LogP contribution in [-0.4, -0.2) is 9.78 Å². The minimum absolute atomic E-state index is 0.181. The fourth-order valence-electron chi connectivity index (χ4n) is 2.51. The zero-order chi connectivity index (χ0) is 14.7. The average Bonchev–Trinajstić information content (AvgIpc) is 2.83. The summed E-state index contributed by atoms with van der Waals surface area (Å²) in [4.78, 5) is 0. The van der Waals surface area contributed by atoms with Crippen LogP contribution in [0.4, 0.5) is 4.39 Å². The molecule has 2 atom stereocenters. The lowest BCUT2D eigenvalue weighted by molar-refractivity contribution is 0.365. The molecule has 3 nitrogen and oxygen atoms in total. The van der Waals surface area contributed by atoms with E-state index in [4.69, 9.17) is 0 Å². The Kier molecular flexibility index (Phi) is 4.55.